The Bertz CT molecular complexity index is 1530. The lowest BCUT2D eigenvalue weighted by Gasteiger charge is -2.21. The summed E-state index contributed by atoms with van der Waals surface area (Å²) < 4.78 is 1.35. The molecule has 1 aliphatic rings. The maximum absolute atomic E-state index is 13.4. The number of nitrogens with one attached hydrogen (secondary N) is 3. The van der Waals surface area contributed by atoms with Gasteiger partial charge in [-0.05, 0) is 35.4 Å². The monoisotopic (exact) mass is 547 g/mol. The molecule has 1 aliphatic heterocycles. The number of amides is 1. The Kier molecular flexibility index (Phi) is 7.69. The molecule has 4 aromatic rings. The topological polar surface area (TPSA) is 104 Å². The van der Waals surface area contributed by atoms with E-state index in [0.29, 0.717) is 33.5 Å². The molecule has 0 fully saturated rings. The van der Waals surface area contributed by atoms with Crippen molar-refractivity contribution in [2.45, 2.75) is 19.0 Å². The number of carbonyl (C=O) groups excluding carboxylic acids is 1. The number of hydrogen-bond donors (Lipinski definition) is 3. The van der Waals surface area contributed by atoms with Crippen molar-refractivity contribution in [2.24, 2.45) is 0 Å². The van der Waals surface area contributed by atoms with Crippen molar-refractivity contribution < 1.29 is 4.79 Å². The van der Waals surface area contributed by atoms with E-state index in [1.54, 1.807) is 47.9 Å². The van der Waals surface area contributed by atoms with Crippen LogP contribution in [0.4, 0.5) is 5.69 Å². The molecule has 1 atom stereocenters. The highest BCUT2D eigenvalue weighted by Gasteiger charge is 2.24. The fourth-order valence-electron chi connectivity index (χ4n) is 4.10. The standard InChI is InChI=1S/C27H23Cl2N7O2/c28-20-8-9-23(36-16-25(29)33-34-36)21(12-20)22-13-26(37)35(17-32-22)24(11-18-5-2-1-3-6-18)27(38)31-15-19-7-4-10-30-14-19/h1-10,12-14,16-17,24,33-34H,11,15H2,(H,31,38)/t24-/m0/s1. The lowest BCUT2D eigenvalue weighted by atomic mass is 10.0. The summed E-state index contributed by atoms with van der Waals surface area (Å²) in [6, 6.07) is 19.0. The minimum Gasteiger partial charge on any atom is -0.350 e. The second kappa shape index (κ2) is 11.5. The Balaban J connectivity index is 1.47. The fraction of sp³-hybridized carbons (Fsp3) is 0.111. The molecule has 2 aromatic heterocycles. The van der Waals surface area contributed by atoms with Crippen molar-refractivity contribution in [3.8, 4) is 11.3 Å². The molecule has 1 amide bonds. The van der Waals surface area contributed by atoms with Crippen LogP contribution < -0.4 is 26.8 Å². The van der Waals surface area contributed by atoms with Crippen LogP contribution in [0.15, 0.2) is 102 Å². The van der Waals surface area contributed by atoms with Crippen LogP contribution in [0.2, 0.25) is 5.02 Å². The molecule has 0 saturated carbocycles. The highest BCUT2D eigenvalue weighted by atomic mass is 35.5. The molecular formula is C27H23Cl2N7O2. The lowest BCUT2D eigenvalue weighted by Crippen LogP contribution is -2.38. The van der Waals surface area contributed by atoms with E-state index in [0.717, 1.165) is 11.1 Å². The average Bonchev–Trinajstić information content (AvgIpc) is 3.37. The molecule has 9 nitrogen and oxygen atoms in total. The molecule has 0 unspecified atom stereocenters. The van der Waals surface area contributed by atoms with Gasteiger partial charge in [0.25, 0.3) is 5.56 Å². The number of halogens is 2. The third kappa shape index (κ3) is 5.86. The number of benzene rings is 2. The van der Waals surface area contributed by atoms with Crippen LogP contribution in [-0.4, -0.2) is 20.4 Å². The molecule has 5 rings (SSSR count). The van der Waals surface area contributed by atoms with Gasteiger partial charge < -0.3 is 5.32 Å². The summed E-state index contributed by atoms with van der Waals surface area (Å²) in [5.41, 5.74) is 8.79. The van der Waals surface area contributed by atoms with Gasteiger partial charge in [-0.1, -0.05) is 59.6 Å². The van der Waals surface area contributed by atoms with Gasteiger partial charge in [0.1, 0.15) is 11.2 Å². The smallest absolute Gasteiger partial charge is 0.254 e. The summed E-state index contributed by atoms with van der Waals surface area (Å²) >= 11 is 12.3. The molecule has 0 bridgehead atoms. The Labute approximate surface area is 228 Å². The third-order valence-electron chi connectivity index (χ3n) is 5.97. The Hall–Kier alpha value is -4.18. The lowest BCUT2D eigenvalue weighted by molar-refractivity contribution is -0.124. The average molecular weight is 548 g/mol. The van der Waals surface area contributed by atoms with E-state index < -0.39 is 6.04 Å². The minimum atomic E-state index is -0.812. The summed E-state index contributed by atoms with van der Waals surface area (Å²) in [6.45, 7) is 0.289. The van der Waals surface area contributed by atoms with Crippen molar-refractivity contribution in [1.82, 2.24) is 30.8 Å². The van der Waals surface area contributed by atoms with Gasteiger partial charge in [0.15, 0.2) is 0 Å². The van der Waals surface area contributed by atoms with E-state index in [2.05, 4.69) is 26.2 Å². The number of carbonyl (C=O) groups is 1. The van der Waals surface area contributed by atoms with Gasteiger partial charge in [-0.2, -0.15) is 0 Å². The zero-order valence-corrected chi connectivity index (χ0v) is 21.5. The van der Waals surface area contributed by atoms with Crippen LogP contribution in [0, 0.1) is 0 Å². The number of hydrogen-bond acceptors (Lipinski definition) is 7. The van der Waals surface area contributed by atoms with Gasteiger partial charge >= 0.3 is 0 Å². The fourth-order valence-corrected chi connectivity index (χ4v) is 4.41. The van der Waals surface area contributed by atoms with Crippen molar-refractivity contribution >= 4 is 34.8 Å². The van der Waals surface area contributed by atoms with E-state index in [1.165, 1.54) is 17.0 Å². The Morgan fingerprint density at radius 1 is 1.03 bits per heavy atom. The van der Waals surface area contributed by atoms with E-state index in [1.807, 2.05) is 36.4 Å². The Morgan fingerprint density at radius 2 is 1.84 bits per heavy atom. The maximum atomic E-state index is 13.4. The number of aromatic nitrogens is 3. The van der Waals surface area contributed by atoms with E-state index >= 15 is 0 Å². The Morgan fingerprint density at radius 3 is 2.55 bits per heavy atom. The number of rotatable bonds is 8. The summed E-state index contributed by atoms with van der Waals surface area (Å²) in [4.78, 5) is 35.4. The zero-order chi connectivity index (χ0) is 26.5. The van der Waals surface area contributed by atoms with Crippen molar-refractivity contribution in [2.75, 3.05) is 5.01 Å². The molecule has 38 heavy (non-hydrogen) atoms. The highest BCUT2D eigenvalue weighted by Crippen LogP contribution is 2.32. The third-order valence-corrected chi connectivity index (χ3v) is 6.40. The van der Waals surface area contributed by atoms with Crippen LogP contribution in [-0.2, 0) is 17.8 Å². The first-order valence-electron chi connectivity index (χ1n) is 11.7. The first-order chi connectivity index (χ1) is 18.5. The van der Waals surface area contributed by atoms with Gasteiger partial charge in [0, 0.05) is 42.0 Å². The quantitative estimate of drug-likeness (QED) is 0.287. The highest BCUT2D eigenvalue weighted by molar-refractivity contribution is 6.31. The predicted octanol–water partition coefficient (Wildman–Crippen LogP) is 3.93. The summed E-state index contributed by atoms with van der Waals surface area (Å²) in [6.07, 6.45) is 6.72. The maximum Gasteiger partial charge on any atom is 0.254 e. The minimum absolute atomic E-state index is 0.289. The molecule has 11 heteroatoms. The summed E-state index contributed by atoms with van der Waals surface area (Å²) in [5, 5.41) is 5.46. The second-order valence-electron chi connectivity index (χ2n) is 8.55. The molecule has 0 spiro atoms. The molecule has 3 heterocycles. The molecule has 2 aromatic carbocycles. The van der Waals surface area contributed by atoms with E-state index in [9.17, 15) is 9.59 Å². The molecule has 3 N–H and O–H groups in total. The largest absolute Gasteiger partial charge is 0.350 e. The number of nitrogens with zero attached hydrogens (tertiary/aromatic N) is 4. The number of anilines is 1. The zero-order valence-electron chi connectivity index (χ0n) is 20.0. The van der Waals surface area contributed by atoms with Gasteiger partial charge in [0.2, 0.25) is 5.91 Å². The van der Waals surface area contributed by atoms with Crippen molar-refractivity contribution in [3.63, 3.8) is 0 Å². The van der Waals surface area contributed by atoms with E-state index in [4.69, 9.17) is 23.2 Å². The number of pyridine rings is 1. The summed E-state index contributed by atoms with van der Waals surface area (Å²) in [5.74, 6) is -0.301. The van der Waals surface area contributed by atoms with Crippen LogP contribution in [0.5, 0.6) is 0 Å². The molecule has 192 valence electrons. The number of hydrazine groups is 2. The molecule has 0 saturated heterocycles. The van der Waals surface area contributed by atoms with E-state index in [-0.39, 0.29) is 18.0 Å². The first kappa shape index (κ1) is 25.5. The predicted molar refractivity (Wildman–Crippen MR) is 147 cm³/mol. The van der Waals surface area contributed by atoms with Gasteiger partial charge in [-0.15, -0.1) is 5.53 Å². The van der Waals surface area contributed by atoms with Crippen LogP contribution >= 0.6 is 23.2 Å². The molecule has 0 radical (unpaired) electrons. The van der Waals surface area contributed by atoms with Crippen molar-refractivity contribution in [1.29, 1.82) is 0 Å². The molecular weight excluding hydrogens is 525 g/mol. The first-order valence-corrected chi connectivity index (χ1v) is 12.5. The van der Waals surface area contributed by atoms with Gasteiger partial charge in [0.05, 0.1) is 23.9 Å². The van der Waals surface area contributed by atoms with Crippen LogP contribution in [0.3, 0.4) is 0 Å². The summed E-state index contributed by atoms with van der Waals surface area (Å²) in [7, 11) is 0. The normalized spacial score (nSPS) is 13.5. The van der Waals surface area contributed by atoms with Gasteiger partial charge in [-0.3, -0.25) is 29.6 Å². The molecule has 0 aliphatic carbocycles. The van der Waals surface area contributed by atoms with Crippen LogP contribution in [0.1, 0.15) is 17.2 Å². The van der Waals surface area contributed by atoms with Crippen molar-refractivity contribution in [3.05, 3.63) is 123 Å². The van der Waals surface area contributed by atoms with Gasteiger partial charge in [-0.25, -0.2) is 4.98 Å². The second-order valence-corrected chi connectivity index (χ2v) is 9.39. The SMILES string of the molecule is O=C(NCc1cccnc1)[C@H](Cc1ccccc1)n1cnc(-c2cc(Cl)ccc2N2C=C(Cl)NN2)cc1=O. The van der Waals surface area contributed by atoms with Crippen LogP contribution in [0.25, 0.3) is 11.3 Å².